The summed E-state index contributed by atoms with van der Waals surface area (Å²) in [5, 5.41) is 2.27. The van der Waals surface area contributed by atoms with Gasteiger partial charge >= 0.3 is 0 Å². The summed E-state index contributed by atoms with van der Waals surface area (Å²) in [6.07, 6.45) is -1.75. The fourth-order valence-electron chi connectivity index (χ4n) is 1.45. The molecule has 114 valence electrons. The van der Waals surface area contributed by atoms with Crippen molar-refractivity contribution in [2.75, 3.05) is 37.9 Å². The van der Waals surface area contributed by atoms with Gasteiger partial charge in [-0.2, -0.15) is 0 Å². The standard InChI is InChI=1S/C10H15F2N3O3S2/c1-15(2)10(16)7-6(13)8(20(3,17)18)9(19-7)14-4-5(11)12/h5,14H,4,13H2,1-3H3. The summed E-state index contributed by atoms with van der Waals surface area (Å²) in [5.74, 6) is -0.484. The molecular formula is C10H15F2N3O3S2. The molecule has 0 fully saturated rings. The van der Waals surface area contributed by atoms with Crippen molar-refractivity contribution in [1.29, 1.82) is 0 Å². The van der Waals surface area contributed by atoms with E-state index in [0.717, 1.165) is 17.6 Å². The maximum Gasteiger partial charge on any atom is 0.265 e. The minimum absolute atomic E-state index is 0.00666. The Labute approximate surface area is 119 Å². The van der Waals surface area contributed by atoms with E-state index in [1.807, 2.05) is 0 Å². The maximum absolute atomic E-state index is 12.2. The summed E-state index contributed by atoms with van der Waals surface area (Å²) in [6, 6.07) is 0. The van der Waals surface area contributed by atoms with Crippen LogP contribution in [0.5, 0.6) is 0 Å². The number of sulfone groups is 1. The van der Waals surface area contributed by atoms with Crippen molar-refractivity contribution in [3.63, 3.8) is 0 Å². The van der Waals surface area contributed by atoms with E-state index in [0.29, 0.717) is 0 Å². The van der Waals surface area contributed by atoms with Gasteiger partial charge in [0.1, 0.15) is 14.8 Å². The average Bonchev–Trinajstić information content (AvgIpc) is 2.62. The first-order valence-corrected chi connectivity index (χ1v) is 8.12. The SMILES string of the molecule is CN(C)C(=O)c1sc(NCC(F)F)c(S(C)(=O)=O)c1N. The van der Waals surface area contributed by atoms with Crippen molar-refractivity contribution in [1.82, 2.24) is 4.90 Å². The third-order valence-electron chi connectivity index (χ3n) is 2.29. The van der Waals surface area contributed by atoms with Crippen LogP contribution in [-0.2, 0) is 9.84 Å². The van der Waals surface area contributed by atoms with E-state index in [9.17, 15) is 22.0 Å². The molecule has 1 aromatic heterocycles. The van der Waals surface area contributed by atoms with E-state index in [1.165, 1.54) is 19.0 Å². The Morgan fingerprint density at radius 1 is 1.45 bits per heavy atom. The van der Waals surface area contributed by atoms with E-state index >= 15 is 0 Å². The molecule has 0 aliphatic heterocycles. The molecule has 0 radical (unpaired) electrons. The van der Waals surface area contributed by atoms with E-state index in [1.54, 1.807) is 0 Å². The third-order valence-corrected chi connectivity index (χ3v) is 4.73. The molecular weight excluding hydrogens is 312 g/mol. The molecule has 10 heteroatoms. The molecule has 1 aromatic rings. The molecule has 0 aromatic carbocycles. The first-order valence-electron chi connectivity index (χ1n) is 5.41. The van der Waals surface area contributed by atoms with Crippen LogP contribution < -0.4 is 11.1 Å². The summed E-state index contributed by atoms with van der Waals surface area (Å²) in [7, 11) is -0.783. The third kappa shape index (κ3) is 3.57. The van der Waals surface area contributed by atoms with E-state index in [2.05, 4.69) is 5.32 Å². The Balaban J connectivity index is 3.36. The molecule has 1 amide bonds. The van der Waals surface area contributed by atoms with E-state index < -0.39 is 28.7 Å². The lowest BCUT2D eigenvalue weighted by atomic mass is 10.3. The molecule has 0 aliphatic rings. The Hall–Kier alpha value is -1.42. The van der Waals surface area contributed by atoms with Gasteiger partial charge in [0.05, 0.1) is 12.2 Å². The number of nitrogens with one attached hydrogen (secondary N) is 1. The number of thiophene rings is 1. The lowest BCUT2D eigenvalue weighted by Crippen LogP contribution is -2.21. The van der Waals surface area contributed by atoms with Gasteiger partial charge in [-0.15, -0.1) is 11.3 Å². The summed E-state index contributed by atoms with van der Waals surface area (Å²) in [5.41, 5.74) is 5.48. The summed E-state index contributed by atoms with van der Waals surface area (Å²) in [4.78, 5) is 12.8. The highest BCUT2D eigenvalue weighted by atomic mass is 32.2. The Bertz CT molecular complexity index is 612. The van der Waals surface area contributed by atoms with Crippen LogP contribution in [0.25, 0.3) is 0 Å². The number of carbonyl (C=O) groups is 1. The summed E-state index contributed by atoms with van der Waals surface area (Å²) >= 11 is 0.752. The second kappa shape index (κ2) is 5.92. The number of carbonyl (C=O) groups excluding carboxylic acids is 1. The van der Waals surface area contributed by atoms with Crippen molar-refractivity contribution in [2.45, 2.75) is 11.3 Å². The number of amides is 1. The number of anilines is 2. The van der Waals surface area contributed by atoms with Crippen molar-refractivity contribution in [3.05, 3.63) is 4.88 Å². The Kier molecular flexibility index (Phi) is 4.92. The molecule has 0 atom stereocenters. The van der Waals surface area contributed by atoms with Crippen molar-refractivity contribution >= 4 is 37.8 Å². The number of halogens is 2. The fraction of sp³-hybridized carbons (Fsp3) is 0.500. The second-order valence-electron chi connectivity index (χ2n) is 4.25. The summed E-state index contributed by atoms with van der Waals surface area (Å²) in [6.45, 7) is -0.724. The second-order valence-corrected chi connectivity index (χ2v) is 7.22. The largest absolute Gasteiger partial charge is 0.396 e. The lowest BCUT2D eigenvalue weighted by molar-refractivity contribution is 0.0833. The van der Waals surface area contributed by atoms with Gasteiger partial charge in [0.25, 0.3) is 12.3 Å². The highest BCUT2D eigenvalue weighted by Gasteiger charge is 2.28. The molecule has 1 heterocycles. The van der Waals surface area contributed by atoms with Crippen molar-refractivity contribution in [3.8, 4) is 0 Å². The van der Waals surface area contributed by atoms with Gasteiger partial charge in [-0.1, -0.05) is 0 Å². The molecule has 0 aliphatic carbocycles. The Morgan fingerprint density at radius 3 is 2.40 bits per heavy atom. The molecule has 20 heavy (non-hydrogen) atoms. The van der Waals surface area contributed by atoms with Gasteiger partial charge in [-0.25, -0.2) is 17.2 Å². The van der Waals surface area contributed by atoms with E-state index in [4.69, 9.17) is 5.73 Å². The molecule has 0 bridgehead atoms. The number of nitrogen functional groups attached to an aromatic ring is 1. The topological polar surface area (TPSA) is 92.5 Å². The lowest BCUT2D eigenvalue weighted by Gasteiger charge is -2.08. The fourth-order valence-corrected chi connectivity index (χ4v) is 4.04. The van der Waals surface area contributed by atoms with Crippen molar-refractivity contribution < 1.29 is 22.0 Å². The molecule has 0 unspecified atom stereocenters. The highest BCUT2D eigenvalue weighted by molar-refractivity contribution is 7.91. The number of nitrogens with zero attached hydrogens (tertiary/aromatic N) is 1. The highest BCUT2D eigenvalue weighted by Crippen LogP contribution is 2.39. The van der Waals surface area contributed by atoms with Crippen LogP contribution in [0.2, 0.25) is 0 Å². The molecule has 1 rings (SSSR count). The van der Waals surface area contributed by atoms with E-state index in [-0.39, 0.29) is 20.5 Å². The Morgan fingerprint density at radius 2 is 2.00 bits per heavy atom. The van der Waals surface area contributed by atoms with Crippen LogP contribution in [0.4, 0.5) is 19.5 Å². The molecule has 6 nitrogen and oxygen atoms in total. The monoisotopic (exact) mass is 327 g/mol. The molecule has 0 saturated carbocycles. The summed E-state index contributed by atoms with van der Waals surface area (Å²) < 4.78 is 47.9. The van der Waals surface area contributed by atoms with Crippen LogP contribution in [0.15, 0.2) is 4.90 Å². The van der Waals surface area contributed by atoms with Crippen LogP contribution in [0.1, 0.15) is 9.67 Å². The van der Waals surface area contributed by atoms with Gasteiger partial charge < -0.3 is 16.0 Å². The van der Waals surface area contributed by atoms with Gasteiger partial charge in [0, 0.05) is 20.4 Å². The van der Waals surface area contributed by atoms with Gasteiger partial charge in [-0.3, -0.25) is 4.79 Å². The quantitative estimate of drug-likeness (QED) is 0.845. The number of alkyl halides is 2. The molecule has 0 spiro atoms. The van der Waals surface area contributed by atoms with Gasteiger partial charge in [0.2, 0.25) is 0 Å². The number of rotatable bonds is 5. The normalized spacial score (nSPS) is 11.7. The zero-order chi connectivity index (χ0) is 15.7. The van der Waals surface area contributed by atoms with Crippen LogP contribution in [-0.4, -0.2) is 52.5 Å². The maximum atomic E-state index is 12.2. The smallest absolute Gasteiger partial charge is 0.265 e. The van der Waals surface area contributed by atoms with Crippen LogP contribution in [0, 0.1) is 0 Å². The van der Waals surface area contributed by atoms with Crippen molar-refractivity contribution in [2.24, 2.45) is 0 Å². The minimum Gasteiger partial charge on any atom is -0.396 e. The number of hydrogen-bond acceptors (Lipinski definition) is 6. The minimum atomic E-state index is -3.74. The van der Waals surface area contributed by atoms with Gasteiger partial charge in [0.15, 0.2) is 9.84 Å². The molecule has 3 N–H and O–H groups in total. The number of nitrogens with two attached hydrogens (primary N) is 1. The average molecular weight is 327 g/mol. The first-order chi connectivity index (χ1) is 9.05. The predicted octanol–water partition coefficient (Wildman–Crippen LogP) is 1.11. The zero-order valence-corrected chi connectivity index (χ0v) is 12.7. The molecule has 0 saturated heterocycles. The van der Waals surface area contributed by atoms with Gasteiger partial charge in [-0.05, 0) is 0 Å². The first kappa shape index (κ1) is 16.6. The zero-order valence-electron chi connectivity index (χ0n) is 11.1. The van der Waals surface area contributed by atoms with Crippen LogP contribution in [0.3, 0.4) is 0 Å². The van der Waals surface area contributed by atoms with Crippen LogP contribution >= 0.6 is 11.3 Å². The number of hydrogen-bond donors (Lipinski definition) is 2. The predicted molar refractivity (Wildman–Crippen MR) is 74.4 cm³/mol.